The molecule has 0 unspecified atom stereocenters. The lowest BCUT2D eigenvalue weighted by Crippen LogP contribution is -2.25. The normalized spacial score (nSPS) is 14.0. The third-order valence-electron chi connectivity index (χ3n) is 3.98. The summed E-state index contributed by atoms with van der Waals surface area (Å²) in [6.45, 7) is 0. The number of halogens is 5. The number of ether oxygens (including phenoxy) is 2. The van der Waals surface area contributed by atoms with Crippen LogP contribution in [0.15, 0.2) is 48.7 Å². The molecule has 0 spiro atoms. The fraction of sp³-hybridized carbons (Fsp3) is 0.0526. The van der Waals surface area contributed by atoms with Crippen LogP contribution in [-0.2, 0) is 0 Å². The average molecular weight is 441 g/mol. The van der Waals surface area contributed by atoms with E-state index in [-0.39, 0.29) is 32.9 Å². The minimum absolute atomic E-state index is 0.0388. The number of hydrogen-bond acceptors (Lipinski definition) is 4. The Balaban J connectivity index is 1.55. The van der Waals surface area contributed by atoms with Crippen molar-refractivity contribution in [2.75, 3.05) is 5.32 Å². The van der Waals surface area contributed by atoms with Crippen LogP contribution in [0.5, 0.6) is 11.5 Å². The van der Waals surface area contributed by atoms with Crippen LogP contribution in [0.25, 0.3) is 11.1 Å². The van der Waals surface area contributed by atoms with Crippen molar-refractivity contribution in [1.29, 1.82) is 0 Å². The molecule has 1 amide bonds. The first kappa shape index (κ1) is 19.4. The summed E-state index contributed by atoms with van der Waals surface area (Å²) in [7, 11) is 0. The molecule has 0 bridgehead atoms. The highest BCUT2D eigenvalue weighted by molar-refractivity contribution is 6.34. The predicted octanol–water partition coefficient (Wildman–Crippen LogP) is 5.77. The molecular weight excluding hydrogens is 432 g/mol. The minimum Gasteiger partial charge on any atom is -0.395 e. The maximum atomic E-state index is 13.2. The molecule has 1 aliphatic heterocycles. The Kier molecular flexibility index (Phi) is 4.76. The van der Waals surface area contributed by atoms with Gasteiger partial charge in [0.25, 0.3) is 5.91 Å². The molecule has 10 heteroatoms. The van der Waals surface area contributed by atoms with Crippen LogP contribution in [0.2, 0.25) is 10.0 Å². The van der Waals surface area contributed by atoms with E-state index in [1.807, 2.05) is 0 Å². The van der Waals surface area contributed by atoms with Crippen molar-refractivity contribution >= 4 is 34.9 Å². The van der Waals surface area contributed by atoms with Gasteiger partial charge in [0.1, 0.15) is 11.6 Å². The number of carbonyl (C=O) groups excluding carboxylic acids is 1. The molecule has 0 saturated heterocycles. The van der Waals surface area contributed by atoms with Crippen LogP contribution in [0.1, 0.15) is 10.4 Å². The van der Waals surface area contributed by atoms with Crippen LogP contribution in [0.3, 0.4) is 0 Å². The number of alkyl halides is 2. The number of aromatic nitrogens is 1. The fourth-order valence-corrected chi connectivity index (χ4v) is 3.19. The standard InChI is InChI=1S/C19H9Cl2F3N2O3/c20-13-5-10(22)2-3-11(13)18(27)26-17-4-1-9(8-25-17)12-6-15-16(7-14(12)21)29-19(23,24)28-15/h1-8H,(H,25,26,27). The first-order valence-electron chi connectivity index (χ1n) is 8.04. The summed E-state index contributed by atoms with van der Waals surface area (Å²) in [6.07, 6.45) is -2.36. The minimum atomic E-state index is -3.75. The highest BCUT2D eigenvalue weighted by Gasteiger charge is 2.43. The molecule has 29 heavy (non-hydrogen) atoms. The number of amides is 1. The molecule has 1 aliphatic rings. The predicted molar refractivity (Wildman–Crippen MR) is 100 cm³/mol. The summed E-state index contributed by atoms with van der Waals surface area (Å²) in [5.74, 6) is -1.26. The third kappa shape index (κ3) is 3.94. The molecule has 0 radical (unpaired) electrons. The van der Waals surface area contributed by atoms with Crippen molar-refractivity contribution in [2.45, 2.75) is 6.29 Å². The van der Waals surface area contributed by atoms with Crippen molar-refractivity contribution < 1.29 is 27.4 Å². The fourth-order valence-electron chi connectivity index (χ4n) is 2.68. The number of anilines is 1. The average Bonchev–Trinajstić information content (AvgIpc) is 2.94. The SMILES string of the molecule is O=C(Nc1ccc(-c2cc3c(cc2Cl)OC(F)(F)O3)cn1)c1ccc(F)cc1Cl. The van der Waals surface area contributed by atoms with Gasteiger partial charge in [0.05, 0.1) is 15.6 Å². The summed E-state index contributed by atoms with van der Waals surface area (Å²) in [4.78, 5) is 16.4. The van der Waals surface area contributed by atoms with Crippen LogP contribution in [0.4, 0.5) is 19.0 Å². The smallest absolute Gasteiger partial charge is 0.395 e. The highest BCUT2D eigenvalue weighted by Crippen LogP contribution is 2.46. The number of fused-ring (bicyclic) bond motifs is 1. The van der Waals surface area contributed by atoms with Gasteiger partial charge in [0.15, 0.2) is 11.5 Å². The molecule has 2 heterocycles. The number of nitrogens with zero attached hydrogens (tertiary/aromatic N) is 1. The molecule has 0 fully saturated rings. The number of carbonyl (C=O) groups is 1. The second-order valence-corrected chi connectivity index (χ2v) is 6.77. The van der Waals surface area contributed by atoms with Gasteiger partial charge in [-0.2, -0.15) is 0 Å². The van der Waals surface area contributed by atoms with Gasteiger partial charge in [-0.05, 0) is 36.4 Å². The van der Waals surface area contributed by atoms with E-state index in [1.165, 1.54) is 30.5 Å². The molecule has 3 aromatic rings. The number of rotatable bonds is 3. The van der Waals surface area contributed by atoms with Gasteiger partial charge in [-0.15, -0.1) is 8.78 Å². The van der Waals surface area contributed by atoms with Gasteiger partial charge < -0.3 is 14.8 Å². The molecule has 4 rings (SSSR count). The second-order valence-electron chi connectivity index (χ2n) is 5.96. The molecule has 1 aromatic heterocycles. The Morgan fingerprint density at radius 3 is 2.38 bits per heavy atom. The van der Waals surface area contributed by atoms with Gasteiger partial charge in [-0.1, -0.05) is 23.2 Å². The maximum Gasteiger partial charge on any atom is 0.586 e. The van der Waals surface area contributed by atoms with E-state index in [0.717, 1.165) is 12.1 Å². The van der Waals surface area contributed by atoms with E-state index in [2.05, 4.69) is 19.8 Å². The molecule has 1 N–H and O–H groups in total. The lowest BCUT2D eigenvalue weighted by molar-refractivity contribution is -0.286. The van der Waals surface area contributed by atoms with Crippen LogP contribution in [-0.4, -0.2) is 17.2 Å². The molecule has 0 atom stereocenters. The van der Waals surface area contributed by atoms with Gasteiger partial charge in [-0.3, -0.25) is 4.79 Å². The quantitative estimate of drug-likeness (QED) is 0.561. The lowest BCUT2D eigenvalue weighted by Gasteiger charge is -2.09. The van der Waals surface area contributed by atoms with E-state index < -0.39 is 18.0 Å². The van der Waals surface area contributed by atoms with Crippen molar-refractivity contribution in [2.24, 2.45) is 0 Å². The maximum absolute atomic E-state index is 13.2. The zero-order valence-corrected chi connectivity index (χ0v) is 15.7. The molecule has 2 aromatic carbocycles. The van der Waals surface area contributed by atoms with Crippen LogP contribution >= 0.6 is 23.2 Å². The van der Waals surface area contributed by atoms with E-state index in [9.17, 15) is 18.0 Å². The largest absolute Gasteiger partial charge is 0.586 e. The molecule has 5 nitrogen and oxygen atoms in total. The van der Waals surface area contributed by atoms with Gasteiger partial charge in [-0.25, -0.2) is 9.37 Å². The van der Waals surface area contributed by atoms with E-state index in [4.69, 9.17) is 23.2 Å². The Morgan fingerprint density at radius 1 is 1.00 bits per heavy atom. The topological polar surface area (TPSA) is 60.5 Å². The van der Waals surface area contributed by atoms with Crippen LogP contribution < -0.4 is 14.8 Å². The molecule has 148 valence electrons. The molecule has 0 aliphatic carbocycles. The number of benzene rings is 2. The summed E-state index contributed by atoms with van der Waals surface area (Å²) < 4.78 is 48.3. The summed E-state index contributed by atoms with van der Waals surface area (Å²) in [5.41, 5.74) is 0.965. The van der Waals surface area contributed by atoms with Gasteiger partial charge >= 0.3 is 6.29 Å². The van der Waals surface area contributed by atoms with Crippen molar-refractivity contribution in [3.05, 3.63) is 70.1 Å². The summed E-state index contributed by atoms with van der Waals surface area (Å²) in [5, 5.41) is 2.65. The summed E-state index contributed by atoms with van der Waals surface area (Å²) in [6, 6.07) is 8.99. The Hall–Kier alpha value is -2.97. The zero-order valence-electron chi connectivity index (χ0n) is 14.2. The number of pyridine rings is 1. The Labute approximate surface area is 172 Å². The Bertz CT molecular complexity index is 1120. The third-order valence-corrected chi connectivity index (χ3v) is 4.61. The highest BCUT2D eigenvalue weighted by atomic mass is 35.5. The van der Waals surface area contributed by atoms with Crippen molar-refractivity contribution in [3.8, 4) is 22.6 Å². The van der Waals surface area contributed by atoms with E-state index in [1.54, 1.807) is 6.07 Å². The first-order valence-corrected chi connectivity index (χ1v) is 8.80. The molecular formula is C19H9Cl2F3N2O3. The van der Waals surface area contributed by atoms with E-state index in [0.29, 0.717) is 11.1 Å². The first-order chi connectivity index (χ1) is 13.7. The van der Waals surface area contributed by atoms with Gasteiger partial charge in [0, 0.05) is 23.4 Å². The van der Waals surface area contributed by atoms with Crippen LogP contribution in [0, 0.1) is 5.82 Å². The monoisotopic (exact) mass is 440 g/mol. The number of nitrogens with one attached hydrogen (secondary N) is 1. The molecule has 0 saturated carbocycles. The summed E-state index contributed by atoms with van der Waals surface area (Å²) >= 11 is 12.0. The number of hydrogen-bond donors (Lipinski definition) is 1. The lowest BCUT2D eigenvalue weighted by atomic mass is 10.1. The second kappa shape index (κ2) is 7.13. The van der Waals surface area contributed by atoms with Crippen molar-refractivity contribution in [3.63, 3.8) is 0 Å². The van der Waals surface area contributed by atoms with Gasteiger partial charge in [0.2, 0.25) is 0 Å². The zero-order chi connectivity index (χ0) is 20.8. The van der Waals surface area contributed by atoms with E-state index >= 15 is 0 Å². The Morgan fingerprint density at radius 2 is 1.72 bits per heavy atom. The van der Waals surface area contributed by atoms with Crippen molar-refractivity contribution in [1.82, 2.24) is 4.98 Å².